The summed E-state index contributed by atoms with van der Waals surface area (Å²) in [6.07, 6.45) is 0.803. The number of nitrogens with two attached hydrogens (primary N) is 1. The summed E-state index contributed by atoms with van der Waals surface area (Å²) in [5, 5.41) is 9.87. The van der Waals surface area contributed by atoms with E-state index in [1.165, 1.54) is 7.11 Å². The highest BCUT2D eigenvalue weighted by atomic mass is 16.5. The van der Waals surface area contributed by atoms with Crippen LogP contribution in [0.2, 0.25) is 0 Å². The summed E-state index contributed by atoms with van der Waals surface area (Å²) in [5.41, 5.74) is 7.00. The smallest absolute Gasteiger partial charge is 0.338 e. The average Bonchev–Trinajstić information content (AvgIpc) is 2.37. The molecule has 0 saturated carbocycles. The van der Waals surface area contributed by atoms with E-state index in [1.54, 1.807) is 24.3 Å². The summed E-state index contributed by atoms with van der Waals surface area (Å²) in [4.78, 5) is 11.6. The van der Waals surface area contributed by atoms with Crippen LogP contribution in [0.4, 0.5) is 0 Å². The predicted molar refractivity (Wildman–Crippen MR) is 65.6 cm³/mol. The molecule has 0 fully saturated rings. The summed E-state index contributed by atoms with van der Waals surface area (Å²) < 4.78 is 4.69. The Morgan fingerprint density at radius 1 is 1.47 bits per heavy atom. The van der Waals surface area contributed by atoms with Gasteiger partial charge in [0.2, 0.25) is 0 Å². The van der Waals surface area contributed by atoms with Crippen LogP contribution in [-0.2, 0) is 4.74 Å². The van der Waals surface area contributed by atoms with Crippen LogP contribution in [0.5, 0.6) is 0 Å². The molecule has 0 unspecified atom stereocenters. The first-order chi connectivity index (χ1) is 8.11. The van der Waals surface area contributed by atoms with Crippen molar-refractivity contribution < 1.29 is 14.6 Å². The number of ether oxygens (including phenoxy) is 1. The van der Waals surface area contributed by atoms with Crippen LogP contribution < -0.4 is 5.73 Å². The molecule has 0 radical (unpaired) electrons. The number of carbonyl (C=O) groups is 1. The Morgan fingerprint density at radius 3 is 2.71 bits per heavy atom. The van der Waals surface area contributed by atoms with Gasteiger partial charge >= 0.3 is 5.97 Å². The Labute approximate surface area is 101 Å². The standard InChI is InChI=1S/C13H19NO3/c1-3-6-11(15)12(14)9-7-4-5-8-10(9)13(16)17-2/h4-5,7-8,11-12,15H,3,6,14H2,1-2H3/t11-,12+/m1/s1. The molecule has 17 heavy (non-hydrogen) atoms. The van der Waals surface area contributed by atoms with Gasteiger partial charge in [0.1, 0.15) is 0 Å². The van der Waals surface area contributed by atoms with Crippen molar-refractivity contribution in [2.24, 2.45) is 5.73 Å². The van der Waals surface area contributed by atoms with E-state index in [2.05, 4.69) is 0 Å². The van der Waals surface area contributed by atoms with Gasteiger partial charge in [-0.2, -0.15) is 0 Å². The lowest BCUT2D eigenvalue weighted by atomic mass is 9.95. The topological polar surface area (TPSA) is 72.5 Å². The number of rotatable bonds is 5. The fourth-order valence-electron chi connectivity index (χ4n) is 1.77. The van der Waals surface area contributed by atoms with Gasteiger partial charge in [0.25, 0.3) is 0 Å². The molecule has 0 saturated heterocycles. The third-order valence-electron chi connectivity index (χ3n) is 2.72. The van der Waals surface area contributed by atoms with Gasteiger partial charge in [0.05, 0.1) is 24.8 Å². The summed E-state index contributed by atoms with van der Waals surface area (Å²) in [7, 11) is 1.33. The zero-order valence-electron chi connectivity index (χ0n) is 10.2. The summed E-state index contributed by atoms with van der Waals surface area (Å²) in [6, 6.07) is 6.37. The molecule has 4 nitrogen and oxygen atoms in total. The highest BCUT2D eigenvalue weighted by molar-refractivity contribution is 5.91. The Kier molecular flexibility index (Phi) is 5.12. The van der Waals surface area contributed by atoms with Crippen molar-refractivity contribution in [1.82, 2.24) is 0 Å². The quantitative estimate of drug-likeness (QED) is 0.763. The van der Waals surface area contributed by atoms with Crippen LogP contribution in [0, 0.1) is 0 Å². The fraction of sp³-hybridized carbons (Fsp3) is 0.462. The molecule has 0 bridgehead atoms. The van der Waals surface area contributed by atoms with Crippen molar-refractivity contribution in [3.05, 3.63) is 35.4 Å². The Balaban J connectivity index is 3.00. The number of esters is 1. The molecule has 0 aliphatic rings. The fourth-order valence-corrected chi connectivity index (χ4v) is 1.77. The molecule has 2 atom stereocenters. The third kappa shape index (κ3) is 3.28. The zero-order valence-corrected chi connectivity index (χ0v) is 10.2. The molecule has 4 heteroatoms. The molecule has 0 aromatic heterocycles. The van der Waals surface area contributed by atoms with Gasteiger partial charge in [0, 0.05) is 0 Å². The molecule has 0 aliphatic heterocycles. The Bertz CT molecular complexity index is 379. The van der Waals surface area contributed by atoms with Gasteiger partial charge < -0.3 is 15.6 Å². The van der Waals surface area contributed by atoms with E-state index in [9.17, 15) is 9.90 Å². The van der Waals surface area contributed by atoms with Crippen LogP contribution in [0.3, 0.4) is 0 Å². The van der Waals surface area contributed by atoms with E-state index < -0.39 is 18.1 Å². The second kappa shape index (κ2) is 6.37. The van der Waals surface area contributed by atoms with Crippen molar-refractivity contribution >= 4 is 5.97 Å². The number of methoxy groups -OCH3 is 1. The second-order valence-electron chi connectivity index (χ2n) is 3.96. The lowest BCUT2D eigenvalue weighted by molar-refractivity contribution is 0.0596. The predicted octanol–water partition coefficient (Wildman–Crippen LogP) is 1.63. The maximum absolute atomic E-state index is 11.6. The summed E-state index contributed by atoms with van der Waals surface area (Å²) in [5.74, 6) is -0.431. The number of aliphatic hydroxyl groups is 1. The van der Waals surface area contributed by atoms with Gasteiger partial charge in [-0.25, -0.2) is 4.79 Å². The van der Waals surface area contributed by atoms with Crippen LogP contribution >= 0.6 is 0 Å². The Morgan fingerprint density at radius 2 is 2.12 bits per heavy atom. The minimum Gasteiger partial charge on any atom is -0.465 e. The lowest BCUT2D eigenvalue weighted by Crippen LogP contribution is -2.27. The highest BCUT2D eigenvalue weighted by Crippen LogP contribution is 2.21. The first-order valence-electron chi connectivity index (χ1n) is 5.72. The molecule has 94 valence electrons. The van der Waals surface area contributed by atoms with Crippen LogP contribution in [0.25, 0.3) is 0 Å². The largest absolute Gasteiger partial charge is 0.465 e. The SMILES string of the molecule is CCC[C@@H](O)[C@@H](N)c1ccccc1C(=O)OC. The number of hydrogen-bond acceptors (Lipinski definition) is 4. The van der Waals surface area contributed by atoms with Crippen LogP contribution in [0.1, 0.15) is 41.7 Å². The van der Waals surface area contributed by atoms with Crippen LogP contribution in [-0.4, -0.2) is 24.3 Å². The van der Waals surface area contributed by atoms with Gasteiger partial charge in [-0.05, 0) is 18.1 Å². The van der Waals surface area contributed by atoms with Gasteiger partial charge in [0.15, 0.2) is 0 Å². The summed E-state index contributed by atoms with van der Waals surface area (Å²) in [6.45, 7) is 1.97. The van der Waals surface area contributed by atoms with Crippen molar-refractivity contribution in [3.63, 3.8) is 0 Å². The van der Waals surface area contributed by atoms with Crippen LogP contribution in [0.15, 0.2) is 24.3 Å². The molecular formula is C13H19NO3. The average molecular weight is 237 g/mol. The summed E-state index contributed by atoms with van der Waals surface area (Å²) >= 11 is 0. The van der Waals surface area contributed by atoms with Gasteiger partial charge in [-0.3, -0.25) is 0 Å². The van der Waals surface area contributed by atoms with Gasteiger partial charge in [-0.1, -0.05) is 31.5 Å². The van der Waals surface area contributed by atoms with E-state index in [4.69, 9.17) is 10.5 Å². The first kappa shape index (κ1) is 13.7. The van der Waals surface area contributed by atoms with Crippen molar-refractivity contribution in [1.29, 1.82) is 0 Å². The number of hydrogen-bond donors (Lipinski definition) is 2. The number of carbonyl (C=O) groups excluding carboxylic acids is 1. The van der Waals surface area contributed by atoms with Crippen molar-refractivity contribution in [2.75, 3.05) is 7.11 Å². The lowest BCUT2D eigenvalue weighted by Gasteiger charge is -2.20. The second-order valence-corrected chi connectivity index (χ2v) is 3.96. The van der Waals surface area contributed by atoms with Crippen molar-refractivity contribution in [3.8, 4) is 0 Å². The molecule has 0 spiro atoms. The monoisotopic (exact) mass is 237 g/mol. The van der Waals surface area contributed by atoms with E-state index >= 15 is 0 Å². The number of aliphatic hydroxyl groups excluding tert-OH is 1. The van der Waals surface area contributed by atoms with E-state index in [-0.39, 0.29) is 0 Å². The molecular weight excluding hydrogens is 218 g/mol. The molecule has 0 heterocycles. The van der Waals surface area contributed by atoms with Crippen molar-refractivity contribution in [2.45, 2.75) is 31.9 Å². The maximum atomic E-state index is 11.6. The van der Waals surface area contributed by atoms with E-state index in [0.717, 1.165) is 6.42 Å². The number of benzene rings is 1. The van der Waals surface area contributed by atoms with Gasteiger partial charge in [-0.15, -0.1) is 0 Å². The van der Waals surface area contributed by atoms with E-state index in [0.29, 0.717) is 17.5 Å². The maximum Gasteiger partial charge on any atom is 0.338 e. The molecule has 1 rings (SSSR count). The normalized spacial score (nSPS) is 14.1. The first-order valence-corrected chi connectivity index (χ1v) is 5.72. The molecule has 0 aliphatic carbocycles. The minimum atomic E-state index is -0.647. The molecule has 1 aromatic rings. The molecule has 0 amide bonds. The Hall–Kier alpha value is -1.39. The molecule has 3 N–H and O–H groups in total. The highest BCUT2D eigenvalue weighted by Gasteiger charge is 2.21. The van der Waals surface area contributed by atoms with E-state index in [1.807, 2.05) is 6.92 Å². The molecule has 1 aromatic carbocycles. The minimum absolute atomic E-state index is 0.414. The third-order valence-corrected chi connectivity index (χ3v) is 2.72. The zero-order chi connectivity index (χ0) is 12.8.